The molecular weight excluding hydrogens is 382 g/mol. The number of piperidine rings is 2. The molecule has 0 unspecified atom stereocenters. The van der Waals surface area contributed by atoms with Gasteiger partial charge in [-0.2, -0.15) is 0 Å². The number of aryl methyl sites for hydroxylation is 2. The van der Waals surface area contributed by atoms with Gasteiger partial charge < -0.3 is 20.1 Å². The summed E-state index contributed by atoms with van der Waals surface area (Å²) in [7, 11) is 0. The van der Waals surface area contributed by atoms with Crippen LogP contribution >= 0.6 is 0 Å². The Kier molecular flexibility index (Phi) is 7.28. The molecule has 8 heteroatoms. The Bertz CT molecular complexity index is 819. The van der Waals surface area contributed by atoms with Crippen molar-refractivity contribution in [2.75, 3.05) is 26.2 Å². The van der Waals surface area contributed by atoms with E-state index in [1.165, 1.54) is 0 Å². The Labute approximate surface area is 178 Å². The van der Waals surface area contributed by atoms with Crippen molar-refractivity contribution in [3.8, 4) is 0 Å². The first-order valence-corrected chi connectivity index (χ1v) is 11.1. The molecule has 0 aliphatic carbocycles. The van der Waals surface area contributed by atoms with Crippen molar-refractivity contribution < 1.29 is 9.59 Å². The van der Waals surface area contributed by atoms with Crippen molar-refractivity contribution in [1.82, 2.24) is 25.1 Å². The maximum Gasteiger partial charge on any atom is 0.254 e. The molecule has 1 aromatic rings. The van der Waals surface area contributed by atoms with Crippen LogP contribution in [0, 0.1) is 19.8 Å². The van der Waals surface area contributed by atoms with Gasteiger partial charge in [0.15, 0.2) is 0 Å². The molecular formula is C22H35N5O3. The minimum Gasteiger partial charge on any atom is -0.354 e. The van der Waals surface area contributed by atoms with E-state index >= 15 is 0 Å². The largest absolute Gasteiger partial charge is 0.354 e. The number of nitrogens with zero attached hydrogens (tertiary/aromatic N) is 3. The second-order valence-corrected chi connectivity index (χ2v) is 8.98. The van der Waals surface area contributed by atoms with Crippen LogP contribution in [-0.4, -0.2) is 69.8 Å². The zero-order chi connectivity index (χ0) is 21.8. The van der Waals surface area contributed by atoms with Gasteiger partial charge in [0, 0.05) is 42.3 Å². The van der Waals surface area contributed by atoms with E-state index in [2.05, 4.69) is 20.2 Å². The van der Waals surface area contributed by atoms with Crippen molar-refractivity contribution in [2.45, 2.75) is 71.9 Å². The Balaban J connectivity index is 1.47. The second-order valence-electron chi connectivity index (χ2n) is 8.98. The van der Waals surface area contributed by atoms with Crippen LogP contribution in [0.4, 0.5) is 0 Å². The van der Waals surface area contributed by atoms with Gasteiger partial charge in [0.2, 0.25) is 11.8 Å². The number of hydrogen-bond donors (Lipinski definition) is 2. The van der Waals surface area contributed by atoms with Gasteiger partial charge in [0.25, 0.3) is 5.56 Å². The summed E-state index contributed by atoms with van der Waals surface area (Å²) in [6, 6.07) is 0.654. The molecule has 2 aliphatic heterocycles. The third kappa shape index (κ3) is 5.47. The van der Waals surface area contributed by atoms with E-state index in [1.807, 2.05) is 18.7 Å². The smallest absolute Gasteiger partial charge is 0.254 e. The Morgan fingerprint density at radius 2 is 1.73 bits per heavy atom. The summed E-state index contributed by atoms with van der Waals surface area (Å²) in [4.78, 5) is 48.5. The summed E-state index contributed by atoms with van der Waals surface area (Å²) < 4.78 is 0. The summed E-state index contributed by atoms with van der Waals surface area (Å²) in [5.41, 5.74) is 0.881. The van der Waals surface area contributed by atoms with E-state index in [9.17, 15) is 14.4 Å². The number of likely N-dealkylation sites (tertiary alicyclic amines) is 2. The van der Waals surface area contributed by atoms with Crippen molar-refractivity contribution in [1.29, 1.82) is 0 Å². The molecule has 0 aromatic carbocycles. The lowest BCUT2D eigenvalue weighted by Crippen LogP contribution is -2.50. The molecule has 2 N–H and O–H groups in total. The average molecular weight is 418 g/mol. The van der Waals surface area contributed by atoms with Gasteiger partial charge >= 0.3 is 0 Å². The van der Waals surface area contributed by atoms with E-state index in [4.69, 9.17) is 0 Å². The maximum absolute atomic E-state index is 12.7. The molecule has 8 nitrogen and oxygen atoms in total. The Morgan fingerprint density at radius 3 is 2.30 bits per heavy atom. The third-order valence-corrected chi connectivity index (χ3v) is 6.33. The lowest BCUT2D eigenvalue weighted by molar-refractivity contribution is -0.132. The normalized spacial score (nSPS) is 19.3. The maximum atomic E-state index is 12.7. The summed E-state index contributed by atoms with van der Waals surface area (Å²) >= 11 is 0. The molecule has 3 rings (SSSR count). The van der Waals surface area contributed by atoms with E-state index in [0.29, 0.717) is 36.2 Å². The average Bonchev–Trinajstić information content (AvgIpc) is 2.70. The van der Waals surface area contributed by atoms with Gasteiger partial charge in [-0.1, -0.05) is 0 Å². The molecule has 30 heavy (non-hydrogen) atoms. The number of nitrogens with one attached hydrogen (secondary N) is 2. The first-order chi connectivity index (χ1) is 14.2. The molecule has 2 saturated heterocycles. The molecule has 2 amide bonds. The lowest BCUT2D eigenvalue weighted by atomic mass is 9.92. The standard InChI is InChI=1S/C22H35N5O3/c1-14(2)23-21(29)17-5-9-26(10-6-17)18-7-11-27(12-8-18)20(28)13-19-15(3)24-16(4)25-22(19)30/h14,17-18H,5-13H2,1-4H3,(H,23,29)(H,24,25,30). The van der Waals surface area contributed by atoms with E-state index in [0.717, 1.165) is 38.8 Å². The zero-order valence-electron chi connectivity index (χ0n) is 18.7. The van der Waals surface area contributed by atoms with E-state index < -0.39 is 0 Å². The van der Waals surface area contributed by atoms with Crippen LogP contribution in [-0.2, 0) is 16.0 Å². The van der Waals surface area contributed by atoms with Crippen LogP contribution in [0.3, 0.4) is 0 Å². The minimum absolute atomic E-state index is 0.00299. The topological polar surface area (TPSA) is 98.4 Å². The van der Waals surface area contributed by atoms with E-state index in [1.54, 1.807) is 13.8 Å². The Morgan fingerprint density at radius 1 is 1.10 bits per heavy atom. The first kappa shape index (κ1) is 22.5. The van der Waals surface area contributed by atoms with Crippen LogP contribution in [0.1, 0.15) is 56.6 Å². The number of aromatic amines is 1. The quantitative estimate of drug-likeness (QED) is 0.749. The number of amides is 2. The highest BCUT2D eigenvalue weighted by Crippen LogP contribution is 2.24. The number of H-pyrrole nitrogens is 1. The number of carbonyl (C=O) groups excluding carboxylic acids is 2. The molecule has 2 aliphatic rings. The number of rotatable bonds is 5. The molecule has 0 radical (unpaired) electrons. The second kappa shape index (κ2) is 9.73. The summed E-state index contributed by atoms with van der Waals surface area (Å²) in [6.45, 7) is 10.8. The molecule has 0 atom stereocenters. The first-order valence-electron chi connectivity index (χ1n) is 11.1. The van der Waals surface area contributed by atoms with Gasteiger partial charge in [-0.15, -0.1) is 0 Å². The molecule has 1 aromatic heterocycles. The molecule has 166 valence electrons. The summed E-state index contributed by atoms with van der Waals surface area (Å²) in [5, 5.41) is 3.03. The molecule has 0 bridgehead atoms. The van der Waals surface area contributed by atoms with Crippen LogP contribution in [0.15, 0.2) is 4.79 Å². The molecule has 0 saturated carbocycles. The van der Waals surface area contributed by atoms with Crippen molar-refractivity contribution in [3.05, 3.63) is 27.4 Å². The SMILES string of the molecule is Cc1nc(C)c(CC(=O)N2CCC(N3CCC(C(=O)NC(C)C)CC3)CC2)c(=O)[nH]1. The number of aromatic nitrogens is 2. The van der Waals surface area contributed by atoms with Gasteiger partial charge in [-0.05, 0) is 66.5 Å². The summed E-state index contributed by atoms with van der Waals surface area (Å²) in [6.07, 6.45) is 3.79. The molecule has 3 heterocycles. The fourth-order valence-corrected chi connectivity index (χ4v) is 4.63. The van der Waals surface area contributed by atoms with E-state index in [-0.39, 0.29) is 35.8 Å². The van der Waals surface area contributed by atoms with Crippen molar-refractivity contribution in [2.24, 2.45) is 5.92 Å². The number of carbonyl (C=O) groups is 2. The monoisotopic (exact) mass is 417 g/mol. The van der Waals surface area contributed by atoms with Crippen LogP contribution in [0.5, 0.6) is 0 Å². The summed E-state index contributed by atoms with van der Waals surface area (Å²) in [5.74, 6) is 0.868. The Hall–Kier alpha value is -2.22. The fourth-order valence-electron chi connectivity index (χ4n) is 4.63. The fraction of sp³-hybridized carbons (Fsp3) is 0.727. The zero-order valence-corrected chi connectivity index (χ0v) is 18.7. The third-order valence-electron chi connectivity index (χ3n) is 6.33. The predicted molar refractivity (Wildman–Crippen MR) is 115 cm³/mol. The predicted octanol–water partition coefficient (Wildman–Crippen LogP) is 1.16. The van der Waals surface area contributed by atoms with Gasteiger partial charge in [0.1, 0.15) is 5.82 Å². The van der Waals surface area contributed by atoms with Crippen LogP contribution in [0.2, 0.25) is 0 Å². The minimum atomic E-state index is -0.215. The van der Waals surface area contributed by atoms with Crippen molar-refractivity contribution in [3.63, 3.8) is 0 Å². The van der Waals surface area contributed by atoms with Gasteiger partial charge in [-0.25, -0.2) is 4.98 Å². The highest BCUT2D eigenvalue weighted by atomic mass is 16.2. The van der Waals surface area contributed by atoms with Crippen molar-refractivity contribution >= 4 is 11.8 Å². The van der Waals surface area contributed by atoms with Gasteiger partial charge in [-0.3, -0.25) is 14.4 Å². The van der Waals surface area contributed by atoms with Crippen LogP contribution in [0.25, 0.3) is 0 Å². The highest BCUT2D eigenvalue weighted by Gasteiger charge is 2.32. The van der Waals surface area contributed by atoms with Crippen LogP contribution < -0.4 is 10.9 Å². The highest BCUT2D eigenvalue weighted by molar-refractivity contribution is 5.79. The van der Waals surface area contributed by atoms with Gasteiger partial charge in [0.05, 0.1) is 6.42 Å². The lowest BCUT2D eigenvalue weighted by Gasteiger charge is -2.41. The molecule has 0 spiro atoms. The molecule has 2 fully saturated rings. The number of hydrogen-bond acceptors (Lipinski definition) is 5.